The highest BCUT2D eigenvalue weighted by molar-refractivity contribution is 5.75. The monoisotopic (exact) mass is 292 g/mol. The molecular formula is C17H28N2O2. The molecule has 1 aromatic rings. The van der Waals surface area contributed by atoms with Gasteiger partial charge in [0.05, 0.1) is 13.0 Å². The lowest BCUT2D eigenvalue weighted by molar-refractivity contribution is -0.121. The average Bonchev–Trinajstić information content (AvgIpc) is 2.52. The van der Waals surface area contributed by atoms with Crippen LogP contribution < -0.4 is 10.1 Å². The number of para-hydroxylation sites is 1. The molecule has 0 aliphatic heterocycles. The van der Waals surface area contributed by atoms with E-state index in [1.807, 2.05) is 30.3 Å². The normalized spacial score (nSPS) is 10.6. The fourth-order valence-corrected chi connectivity index (χ4v) is 2.09. The zero-order valence-electron chi connectivity index (χ0n) is 13.3. The molecule has 0 bridgehead atoms. The smallest absolute Gasteiger partial charge is 0.223 e. The van der Waals surface area contributed by atoms with Crippen molar-refractivity contribution in [1.29, 1.82) is 0 Å². The van der Waals surface area contributed by atoms with E-state index in [4.69, 9.17) is 4.74 Å². The van der Waals surface area contributed by atoms with Crippen LogP contribution in [0.2, 0.25) is 0 Å². The summed E-state index contributed by atoms with van der Waals surface area (Å²) in [6.07, 6.45) is 2.56. The standard InChI is InChI=1S/C17H28N2O2/c1-3-19(4-2)14-9-8-13-18-17(20)12-15-21-16-10-6-5-7-11-16/h5-7,10-11H,3-4,8-9,12-15H2,1-2H3,(H,18,20). The Morgan fingerprint density at radius 2 is 1.86 bits per heavy atom. The first-order chi connectivity index (χ1) is 10.3. The summed E-state index contributed by atoms with van der Waals surface area (Å²) in [5.74, 6) is 0.873. The zero-order valence-corrected chi connectivity index (χ0v) is 13.3. The highest BCUT2D eigenvalue weighted by Crippen LogP contribution is 2.08. The van der Waals surface area contributed by atoms with E-state index in [2.05, 4.69) is 24.1 Å². The van der Waals surface area contributed by atoms with Gasteiger partial charge in [-0.3, -0.25) is 4.79 Å². The molecule has 0 fully saturated rings. The molecule has 0 atom stereocenters. The minimum Gasteiger partial charge on any atom is -0.493 e. The van der Waals surface area contributed by atoms with Gasteiger partial charge in [0.1, 0.15) is 5.75 Å². The lowest BCUT2D eigenvalue weighted by Gasteiger charge is -2.17. The maximum atomic E-state index is 11.6. The van der Waals surface area contributed by atoms with Crippen molar-refractivity contribution < 1.29 is 9.53 Å². The van der Waals surface area contributed by atoms with Crippen LogP contribution in [0.3, 0.4) is 0 Å². The van der Waals surface area contributed by atoms with E-state index in [1.165, 1.54) is 0 Å². The number of nitrogens with one attached hydrogen (secondary N) is 1. The van der Waals surface area contributed by atoms with Crippen molar-refractivity contribution in [3.63, 3.8) is 0 Å². The Hall–Kier alpha value is -1.55. The van der Waals surface area contributed by atoms with Gasteiger partial charge in [-0.25, -0.2) is 0 Å². The van der Waals surface area contributed by atoms with Gasteiger partial charge in [-0.2, -0.15) is 0 Å². The Balaban J connectivity index is 1.99. The zero-order chi connectivity index (χ0) is 15.3. The van der Waals surface area contributed by atoms with Gasteiger partial charge in [0, 0.05) is 6.54 Å². The molecular weight excluding hydrogens is 264 g/mol. The minimum absolute atomic E-state index is 0.0637. The van der Waals surface area contributed by atoms with Crippen molar-refractivity contribution in [2.75, 3.05) is 32.8 Å². The third-order valence-corrected chi connectivity index (χ3v) is 3.46. The number of ether oxygens (including phenoxy) is 1. The van der Waals surface area contributed by atoms with Crippen molar-refractivity contribution in [2.24, 2.45) is 0 Å². The summed E-state index contributed by atoms with van der Waals surface area (Å²) >= 11 is 0. The number of benzene rings is 1. The number of hydrogen-bond donors (Lipinski definition) is 1. The summed E-state index contributed by atoms with van der Waals surface area (Å²) in [7, 11) is 0. The van der Waals surface area contributed by atoms with Crippen LogP contribution in [0.15, 0.2) is 30.3 Å². The predicted molar refractivity (Wildman–Crippen MR) is 86.6 cm³/mol. The molecule has 1 N–H and O–H groups in total. The van der Waals surface area contributed by atoms with Crippen LogP contribution in [0.1, 0.15) is 33.1 Å². The molecule has 0 aliphatic carbocycles. The van der Waals surface area contributed by atoms with Crippen molar-refractivity contribution >= 4 is 5.91 Å². The van der Waals surface area contributed by atoms with Crippen LogP contribution >= 0.6 is 0 Å². The molecule has 1 aromatic carbocycles. The molecule has 4 heteroatoms. The van der Waals surface area contributed by atoms with Gasteiger partial charge in [0.2, 0.25) is 5.91 Å². The van der Waals surface area contributed by atoms with E-state index < -0.39 is 0 Å². The van der Waals surface area contributed by atoms with Crippen molar-refractivity contribution in [1.82, 2.24) is 10.2 Å². The van der Waals surface area contributed by atoms with E-state index in [0.29, 0.717) is 13.0 Å². The van der Waals surface area contributed by atoms with E-state index in [9.17, 15) is 4.79 Å². The maximum absolute atomic E-state index is 11.6. The SMILES string of the molecule is CCN(CC)CCCCNC(=O)CCOc1ccccc1. The van der Waals surface area contributed by atoms with Gasteiger partial charge in [0.25, 0.3) is 0 Å². The Kier molecular flexibility index (Phi) is 9.29. The maximum Gasteiger partial charge on any atom is 0.223 e. The lowest BCUT2D eigenvalue weighted by atomic mass is 10.3. The predicted octanol–water partition coefficient (Wildman–Crippen LogP) is 2.69. The summed E-state index contributed by atoms with van der Waals surface area (Å²) in [6.45, 7) is 8.84. The van der Waals surface area contributed by atoms with Crippen molar-refractivity contribution in [2.45, 2.75) is 33.1 Å². The molecule has 0 unspecified atom stereocenters. The molecule has 0 aromatic heterocycles. The van der Waals surface area contributed by atoms with Gasteiger partial charge < -0.3 is 15.0 Å². The first-order valence-electron chi connectivity index (χ1n) is 7.93. The highest BCUT2D eigenvalue weighted by Gasteiger charge is 2.02. The van der Waals surface area contributed by atoms with E-state index >= 15 is 0 Å². The topological polar surface area (TPSA) is 41.6 Å². The molecule has 0 saturated carbocycles. The van der Waals surface area contributed by atoms with Crippen LogP contribution in [0.5, 0.6) is 5.75 Å². The number of unbranched alkanes of at least 4 members (excludes halogenated alkanes) is 1. The largest absolute Gasteiger partial charge is 0.493 e. The average molecular weight is 292 g/mol. The van der Waals surface area contributed by atoms with E-state index in [0.717, 1.165) is 44.8 Å². The molecule has 4 nitrogen and oxygen atoms in total. The number of carbonyl (C=O) groups is 1. The van der Waals surface area contributed by atoms with Gasteiger partial charge in [-0.15, -0.1) is 0 Å². The van der Waals surface area contributed by atoms with Crippen molar-refractivity contribution in [3.05, 3.63) is 30.3 Å². The number of amides is 1. The second kappa shape index (κ2) is 11.1. The molecule has 0 aliphatic rings. The number of hydrogen-bond acceptors (Lipinski definition) is 3. The first-order valence-corrected chi connectivity index (χ1v) is 7.93. The molecule has 1 amide bonds. The van der Waals surface area contributed by atoms with Crippen LogP contribution in [0, 0.1) is 0 Å². The third-order valence-electron chi connectivity index (χ3n) is 3.46. The molecule has 21 heavy (non-hydrogen) atoms. The van der Waals surface area contributed by atoms with Crippen LogP contribution in [-0.2, 0) is 4.79 Å². The second-order valence-corrected chi connectivity index (χ2v) is 5.00. The molecule has 0 spiro atoms. The van der Waals surface area contributed by atoms with Crippen LogP contribution in [0.25, 0.3) is 0 Å². The summed E-state index contributed by atoms with van der Waals surface area (Å²) in [4.78, 5) is 14.0. The Morgan fingerprint density at radius 1 is 1.14 bits per heavy atom. The fraction of sp³-hybridized carbons (Fsp3) is 0.588. The highest BCUT2D eigenvalue weighted by atomic mass is 16.5. The van der Waals surface area contributed by atoms with Gasteiger partial charge in [-0.05, 0) is 44.6 Å². The number of carbonyl (C=O) groups excluding carboxylic acids is 1. The molecule has 0 radical (unpaired) electrons. The second-order valence-electron chi connectivity index (χ2n) is 5.00. The summed E-state index contributed by atoms with van der Waals surface area (Å²) in [5.41, 5.74) is 0. The van der Waals surface area contributed by atoms with Crippen LogP contribution in [0.4, 0.5) is 0 Å². The van der Waals surface area contributed by atoms with Gasteiger partial charge in [-0.1, -0.05) is 32.0 Å². The Bertz CT molecular complexity index is 378. The molecule has 1 rings (SSSR count). The fourth-order valence-electron chi connectivity index (χ4n) is 2.09. The molecule has 0 saturated heterocycles. The Labute approximate surface area is 128 Å². The third kappa shape index (κ3) is 8.35. The Morgan fingerprint density at radius 3 is 2.52 bits per heavy atom. The summed E-state index contributed by atoms with van der Waals surface area (Å²) in [6, 6.07) is 9.57. The molecule has 118 valence electrons. The van der Waals surface area contributed by atoms with E-state index in [-0.39, 0.29) is 5.91 Å². The summed E-state index contributed by atoms with van der Waals surface area (Å²) in [5, 5.41) is 2.94. The molecule has 0 heterocycles. The number of nitrogens with zero attached hydrogens (tertiary/aromatic N) is 1. The lowest BCUT2D eigenvalue weighted by Crippen LogP contribution is -2.28. The number of rotatable bonds is 11. The van der Waals surface area contributed by atoms with Crippen LogP contribution in [-0.4, -0.2) is 43.6 Å². The minimum atomic E-state index is 0.0637. The summed E-state index contributed by atoms with van der Waals surface area (Å²) < 4.78 is 5.50. The van der Waals surface area contributed by atoms with Gasteiger partial charge in [0.15, 0.2) is 0 Å². The van der Waals surface area contributed by atoms with Gasteiger partial charge >= 0.3 is 0 Å². The van der Waals surface area contributed by atoms with Crippen molar-refractivity contribution in [3.8, 4) is 5.75 Å². The first kappa shape index (κ1) is 17.5. The van der Waals surface area contributed by atoms with E-state index in [1.54, 1.807) is 0 Å². The quantitative estimate of drug-likeness (QED) is 0.638.